The molecule has 20 heavy (non-hydrogen) atoms. The summed E-state index contributed by atoms with van der Waals surface area (Å²) in [6.45, 7) is 0.293. The number of carboxylic acids is 1. The summed E-state index contributed by atoms with van der Waals surface area (Å²) in [5.74, 6) is 0.163. The molecular weight excluding hydrogens is 260 g/mol. The molecule has 0 aromatic heterocycles. The normalized spacial score (nSPS) is 21.4. The summed E-state index contributed by atoms with van der Waals surface area (Å²) in [5.41, 5.74) is 0.843. The standard InChI is InChI=1S/C15H18O5/c1-19-11-3-5-12(6-4-11)20-9-10-2-7-14(16)13(10)8-15(17)18/h2-6,13-14,16H,7-9H2,1H3,(H,17,18)/t13-,14+/m0/s1. The molecule has 108 valence electrons. The van der Waals surface area contributed by atoms with E-state index in [1.165, 1.54) is 0 Å². The van der Waals surface area contributed by atoms with Gasteiger partial charge in [0, 0.05) is 5.92 Å². The molecule has 0 bridgehead atoms. The Morgan fingerprint density at radius 2 is 1.95 bits per heavy atom. The zero-order valence-electron chi connectivity index (χ0n) is 11.3. The van der Waals surface area contributed by atoms with Crippen LogP contribution in [0.25, 0.3) is 0 Å². The summed E-state index contributed by atoms with van der Waals surface area (Å²) in [4.78, 5) is 10.8. The van der Waals surface area contributed by atoms with Crippen LogP contribution in [0.3, 0.4) is 0 Å². The number of methoxy groups -OCH3 is 1. The lowest BCUT2D eigenvalue weighted by atomic mass is 9.96. The van der Waals surface area contributed by atoms with Gasteiger partial charge in [0.1, 0.15) is 18.1 Å². The van der Waals surface area contributed by atoms with E-state index in [1.54, 1.807) is 31.4 Å². The monoisotopic (exact) mass is 278 g/mol. The highest BCUT2D eigenvalue weighted by molar-refractivity contribution is 5.68. The first-order chi connectivity index (χ1) is 9.60. The van der Waals surface area contributed by atoms with Gasteiger partial charge in [0.15, 0.2) is 0 Å². The summed E-state index contributed by atoms with van der Waals surface area (Å²) in [7, 11) is 1.59. The highest BCUT2D eigenvalue weighted by Crippen LogP contribution is 2.30. The van der Waals surface area contributed by atoms with Crippen molar-refractivity contribution in [1.82, 2.24) is 0 Å². The van der Waals surface area contributed by atoms with Crippen LogP contribution in [0.15, 0.2) is 35.9 Å². The minimum Gasteiger partial charge on any atom is -0.497 e. The summed E-state index contributed by atoms with van der Waals surface area (Å²) in [6.07, 6.45) is 1.65. The van der Waals surface area contributed by atoms with E-state index < -0.39 is 12.1 Å². The lowest BCUT2D eigenvalue weighted by molar-refractivity contribution is -0.138. The number of ether oxygens (including phenoxy) is 2. The van der Waals surface area contributed by atoms with Crippen LogP contribution in [-0.4, -0.2) is 36.0 Å². The van der Waals surface area contributed by atoms with Gasteiger partial charge in [0.2, 0.25) is 0 Å². The van der Waals surface area contributed by atoms with Gasteiger partial charge >= 0.3 is 5.97 Å². The Balaban J connectivity index is 1.93. The lowest BCUT2D eigenvalue weighted by Gasteiger charge is -2.17. The van der Waals surface area contributed by atoms with Gasteiger partial charge in [-0.05, 0) is 36.3 Å². The molecule has 0 radical (unpaired) electrons. The van der Waals surface area contributed by atoms with Gasteiger partial charge in [-0.25, -0.2) is 0 Å². The van der Waals surface area contributed by atoms with Crippen molar-refractivity contribution in [3.63, 3.8) is 0 Å². The van der Waals surface area contributed by atoms with E-state index >= 15 is 0 Å². The van der Waals surface area contributed by atoms with Crippen molar-refractivity contribution in [3.05, 3.63) is 35.9 Å². The smallest absolute Gasteiger partial charge is 0.304 e. The molecule has 1 aromatic rings. The molecule has 0 heterocycles. The van der Waals surface area contributed by atoms with Crippen molar-refractivity contribution < 1.29 is 24.5 Å². The molecule has 0 saturated carbocycles. The molecular formula is C15H18O5. The molecule has 1 aromatic carbocycles. The average molecular weight is 278 g/mol. The maximum absolute atomic E-state index is 10.8. The molecule has 1 aliphatic rings. The second kappa shape index (κ2) is 6.43. The van der Waals surface area contributed by atoms with E-state index in [4.69, 9.17) is 14.6 Å². The van der Waals surface area contributed by atoms with Crippen LogP contribution < -0.4 is 9.47 Å². The minimum absolute atomic E-state index is 0.0705. The van der Waals surface area contributed by atoms with E-state index in [0.29, 0.717) is 18.8 Å². The number of carbonyl (C=O) groups is 1. The van der Waals surface area contributed by atoms with Crippen molar-refractivity contribution >= 4 is 5.97 Å². The number of hydrogen-bond acceptors (Lipinski definition) is 4. The molecule has 2 rings (SSSR count). The molecule has 0 spiro atoms. The number of carboxylic acid groups (broad SMARTS) is 1. The number of hydrogen-bond donors (Lipinski definition) is 2. The van der Waals surface area contributed by atoms with Gasteiger partial charge in [-0.2, -0.15) is 0 Å². The number of aliphatic hydroxyl groups is 1. The quantitative estimate of drug-likeness (QED) is 0.777. The highest BCUT2D eigenvalue weighted by Gasteiger charge is 2.30. The first-order valence-corrected chi connectivity index (χ1v) is 6.46. The predicted molar refractivity (Wildman–Crippen MR) is 72.9 cm³/mol. The first kappa shape index (κ1) is 14.4. The van der Waals surface area contributed by atoms with E-state index in [2.05, 4.69) is 0 Å². The van der Waals surface area contributed by atoms with E-state index in [9.17, 15) is 9.90 Å². The minimum atomic E-state index is -0.911. The summed E-state index contributed by atoms with van der Waals surface area (Å²) < 4.78 is 10.7. The van der Waals surface area contributed by atoms with Crippen LogP contribution in [0, 0.1) is 5.92 Å². The van der Waals surface area contributed by atoms with Crippen LogP contribution in [-0.2, 0) is 4.79 Å². The molecule has 0 saturated heterocycles. The molecule has 0 unspecified atom stereocenters. The third kappa shape index (κ3) is 3.51. The van der Waals surface area contributed by atoms with Crippen molar-refractivity contribution in [2.24, 2.45) is 5.92 Å². The molecule has 1 aliphatic carbocycles. The molecule has 5 heteroatoms. The third-order valence-electron chi connectivity index (χ3n) is 3.42. The van der Waals surface area contributed by atoms with E-state index in [-0.39, 0.29) is 12.3 Å². The van der Waals surface area contributed by atoms with Crippen LogP contribution >= 0.6 is 0 Å². The van der Waals surface area contributed by atoms with Gasteiger partial charge in [-0.1, -0.05) is 6.08 Å². The molecule has 2 atom stereocenters. The second-order valence-electron chi connectivity index (χ2n) is 4.75. The average Bonchev–Trinajstić information content (AvgIpc) is 2.78. The number of aliphatic carboxylic acids is 1. The van der Waals surface area contributed by atoms with Crippen LogP contribution in [0.2, 0.25) is 0 Å². The molecule has 2 N–H and O–H groups in total. The van der Waals surface area contributed by atoms with Gasteiger partial charge < -0.3 is 19.7 Å². The summed E-state index contributed by atoms with van der Waals surface area (Å²) in [5, 5.41) is 18.6. The Morgan fingerprint density at radius 1 is 1.30 bits per heavy atom. The maximum atomic E-state index is 10.8. The molecule has 0 fully saturated rings. The highest BCUT2D eigenvalue weighted by atomic mass is 16.5. The van der Waals surface area contributed by atoms with E-state index in [0.717, 1.165) is 11.3 Å². The zero-order chi connectivity index (χ0) is 14.5. The van der Waals surface area contributed by atoms with Crippen LogP contribution in [0.5, 0.6) is 11.5 Å². The fraction of sp³-hybridized carbons (Fsp3) is 0.400. The molecule has 0 aliphatic heterocycles. The van der Waals surface area contributed by atoms with Gasteiger partial charge in [0.25, 0.3) is 0 Å². The Morgan fingerprint density at radius 3 is 2.55 bits per heavy atom. The predicted octanol–water partition coefficient (Wildman–Crippen LogP) is 1.86. The fourth-order valence-corrected chi connectivity index (χ4v) is 2.29. The summed E-state index contributed by atoms with van der Waals surface area (Å²) >= 11 is 0. The fourth-order valence-electron chi connectivity index (χ4n) is 2.29. The van der Waals surface area contributed by atoms with Gasteiger partial charge in [-0.15, -0.1) is 0 Å². The second-order valence-corrected chi connectivity index (χ2v) is 4.75. The Bertz CT molecular complexity index is 491. The zero-order valence-corrected chi connectivity index (χ0v) is 11.3. The van der Waals surface area contributed by atoms with Gasteiger partial charge in [-0.3, -0.25) is 4.79 Å². The van der Waals surface area contributed by atoms with Gasteiger partial charge in [0.05, 0.1) is 19.6 Å². The molecule has 0 amide bonds. The van der Waals surface area contributed by atoms with E-state index in [1.807, 2.05) is 6.08 Å². The lowest BCUT2D eigenvalue weighted by Crippen LogP contribution is -2.22. The Kier molecular flexibility index (Phi) is 4.63. The Hall–Kier alpha value is -2.01. The Labute approximate surface area is 117 Å². The largest absolute Gasteiger partial charge is 0.497 e. The van der Waals surface area contributed by atoms with Crippen molar-refractivity contribution in [2.45, 2.75) is 18.9 Å². The topological polar surface area (TPSA) is 76.0 Å². The van der Waals surface area contributed by atoms with Crippen molar-refractivity contribution in [2.75, 3.05) is 13.7 Å². The summed E-state index contributed by atoms with van der Waals surface area (Å²) in [6, 6.07) is 7.16. The first-order valence-electron chi connectivity index (χ1n) is 6.46. The van der Waals surface area contributed by atoms with Crippen molar-refractivity contribution in [1.29, 1.82) is 0 Å². The third-order valence-corrected chi connectivity index (χ3v) is 3.42. The van der Waals surface area contributed by atoms with Crippen molar-refractivity contribution in [3.8, 4) is 11.5 Å². The maximum Gasteiger partial charge on any atom is 0.304 e. The molecule has 5 nitrogen and oxygen atoms in total. The van der Waals surface area contributed by atoms with Crippen LogP contribution in [0.1, 0.15) is 12.8 Å². The number of aliphatic hydroxyl groups excluding tert-OH is 1. The number of rotatable bonds is 6. The number of benzene rings is 1. The SMILES string of the molecule is COc1ccc(OCC2=CC[C@@H](O)[C@H]2CC(=O)O)cc1. The van der Waals surface area contributed by atoms with Crippen LogP contribution in [0.4, 0.5) is 0 Å².